The topological polar surface area (TPSA) is 66.5 Å². The number of benzene rings is 2. The molecule has 1 N–H and O–H groups in total. The number of anilines is 1. The molecule has 0 aliphatic carbocycles. The third-order valence-electron chi connectivity index (χ3n) is 3.68. The molecule has 0 spiro atoms. The number of carbonyl (C=O) groups is 3. The summed E-state index contributed by atoms with van der Waals surface area (Å²) in [4.78, 5) is 37.7. The molecule has 2 aromatic rings. The van der Waals surface area contributed by atoms with E-state index in [0.29, 0.717) is 11.3 Å². The van der Waals surface area contributed by atoms with E-state index in [-0.39, 0.29) is 17.3 Å². The zero-order valence-electron chi connectivity index (χ0n) is 13.9. The maximum atomic E-state index is 12.9. The minimum Gasteiger partial charge on any atom is -0.325 e. The summed E-state index contributed by atoms with van der Waals surface area (Å²) in [5, 5.41) is 2.14. The Kier molecular flexibility index (Phi) is 5.18. The second kappa shape index (κ2) is 7.53. The van der Waals surface area contributed by atoms with Crippen molar-refractivity contribution >= 4 is 40.6 Å². The predicted molar refractivity (Wildman–Crippen MR) is 98.9 cm³/mol. The van der Waals surface area contributed by atoms with Crippen LogP contribution in [0.2, 0.25) is 0 Å². The molecule has 26 heavy (non-hydrogen) atoms. The van der Waals surface area contributed by atoms with E-state index in [2.05, 4.69) is 5.32 Å². The third kappa shape index (κ3) is 4.18. The van der Waals surface area contributed by atoms with Gasteiger partial charge in [-0.1, -0.05) is 29.8 Å². The standard InChI is InChI=1S/C19H15FN2O3S/c1-12-2-8-15(9-3-12)21-17(23)11-22-18(24)16(26-19(22)25)10-13-4-6-14(20)7-5-13/h2-10H,11H2,1H3,(H,21,23)/b16-10-. The number of hydrogen-bond donors (Lipinski definition) is 1. The first kappa shape index (κ1) is 17.9. The van der Waals surface area contributed by atoms with E-state index >= 15 is 0 Å². The molecule has 0 saturated carbocycles. The van der Waals surface area contributed by atoms with Crippen LogP contribution in [0.3, 0.4) is 0 Å². The summed E-state index contributed by atoms with van der Waals surface area (Å²) in [5.41, 5.74) is 2.25. The van der Waals surface area contributed by atoms with Crippen molar-refractivity contribution in [3.8, 4) is 0 Å². The Balaban J connectivity index is 1.67. The van der Waals surface area contributed by atoms with E-state index in [0.717, 1.165) is 22.2 Å². The number of nitrogens with zero attached hydrogens (tertiary/aromatic N) is 1. The molecule has 1 fully saturated rings. The Morgan fingerprint density at radius 1 is 1.12 bits per heavy atom. The average molecular weight is 370 g/mol. The van der Waals surface area contributed by atoms with Gasteiger partial charge in [-0.05, 0) is 54.6 Å². The van der Waals surface area contributed by atoms with Gasteiger partial charge in [0.1, 0.15) is 12.4 Å². The number of aryl methyl sites for hydroxylation is 1. The van der Waals surface area contributed by atoms with Crippen molar-refractivity contribution in [2.24, 2.45) is 0 Å². The first-order chi connectivity index (χ1) is 12.4. The lowest BCUT2D eigenvalue weighted by atomic mass is 10.2. The normalized spacial score (nSPS) is 15.6. The quantitative estimate of drug-likeness (QED) is 0.831. The molecule has 0 bridgehead atoms. The lowest BCUT2D eigenvalue weighted by Gasteiger charge is -2.12. The summed E-state index contributed by atoms with van der Waals surface area (Å²) in [7, 11) is 0. The summed E-state index contributed by atoms with van der Waals surface area (Å²) < 4.78 is 12.9. The van der Waals surface area contributed by atoms with Crippen molar-refractivity contribution in [1.29, 1.82) is 0 Å². The number of rotatable bonds is 4. The zero-order valence-corrected chi connectivity index (χ0v) is 14.7. The zero-order chi connectivity index (χ0) is 18.7. The van der Waals surface area contributed by atoms with Crippen LogP contribution in [0, 0.1) is 12.7 Å². The SMILES string of the molecule is Cc1ccc(NC(=O)CN2C(=O)S/C(=C\c3ccc(F)cc3)C2=O)cc1. The van der Waals surface area contributed by atoms with Crippen LogP contribution in [-0.4, -0.2) is 28.5 Å². The van der Waals surface area contributed by atoms with E-state index in [1.54, 1.807) is 12.1 Å². The van der Waals surface area contributed by atoms with Crippen LogP contribution in [0.25, 0.3) is 6.08 Å². The van der Waals surface area contributed by atoms with Crippen molar-refractivity contribution < 1.29 is 18.8 Å². The molecule has 3 rings (SSSR count). The van der Waals surface area contributed by atoms with Crippen LogP contribution < -0.4 is 5.32 Å². The fraction of sp³-hybridized carbons (Fsp3) is 0.105. The molecular weight excluding hydrogens is 355 g/mol. The van der Waals surface area contributed by atoms with Gasteiger partial charge in [-0.2, -0.15) is 0 Å². The minimum atomic E-state index is -0.539. The maximum absolute atomic E-state index is 12.9. The number of thioether (sulfide) groups is 1. The van der Waals surface area contributed by atoms with Gasteiger partial charge in [0.15, 0.2) is 0 Å². The van der Waals surface area contributed by atoms with Gasteiger partial charge in [0.2, 0.25) is 5.91 Å². The smallest absolute Gasteiger partial charge is 0.294 e. The molecule has 0 radical (unpaired) electrons. The summed E-state index contributed by atoms with van der Waals surface area (Å²) in [5.74, 6) is -1.38. The maximum Gasteiger partial charge on any atom is 0.294 e. The van der Waals surface area contributed by atoms with Crippen molar-refractivity contribution in [2.45, 2.75) is 6.92 Å². The van der Waals surface area contributed by atoms with Crippen LogP contribution in [0.4, 0.5) is 14.9 Å². The third-order valence-corrected chi connectivity index (χ3v) is 4.59. The number of nitrogens with one attached hydrogen (secondary N) is 1. The molecule has 1 saturated heterocycles. The van der Waals surface area contributed by atoms with Gasteiger partial charge >= 0.3 is 0 Å². The van der Waals surface area contributed by atoms with E-state index in [1.165, 1.54) is 30.3 Å². The molecule has 5 nitrogen and oxygen atoms in total. The molecule has 0 unspecified atom stereocenters. The Morgan fingerprint density at radius 3 is 2.42 bits per heavy atom. The highest BCUT2D eigenvalue weighted by atomic mass is 32.2. The van der Waals surface area contributed by atoms with Crippen LogP contribution in [0.1, 0.15) is 11.1 Å². The van der Waals surface area contributed by atoms with Crippen LogP contribution in [0.15, 0.2) is 53.4 Å². The summed E-state index contributed by atoms with van der Waals surface area (Å²) >= 11 is 0.756. The lowest BCUT2D eigenvalue weighted by Crippen LogP contribution is -2.36. The number of hydrogen-bond acceptors (Lipinski definition) is 4. The van der Waals surface area contributed by atoms with Gasteiger partial charge in [0.05, 0.1) is 4.91 Å². The predicted octanol–water partition coefficient (Wildman–Crippen LogP) is 3.81. The number of halogens is 1. The monoisotopic (exact) mass is 370 g/mol. The molecule has 1 heterocycles. The Labute approximate surface area is 153 Å². The van der Waals surface area contributed by atoms with Crippen molar-refractivity contribution in [2.75, 3.05) is 11.9 Å². The molecule has 132 valence electrons. The van der Waals surface area contributed by atoms with Crippen LogP contribution in [0.5, 0.6) is 0 Å². The minimum absolute atomic E-state index is 0.199. The highest BCUT2D eigenvalue weighted by Crippen LogP contribution is 2.32. The summed E-state index contributed by atoms with van der Waals surface area (Å²) in [6.07, 6.45) is 1.50. The Hall–Kier alpha value is -2.93. The van der Waals surface area contributed by atoms with Crippen molar-refractivity contribution in [1.82, 2.24) is 4.90 Å². The molecule has 2 aromatic carbocycles. The van der Waals surface area contributed by atoms with E-state index in [4.69, 9.17) is 0 Å². The number of imide groups is 1. The highest BCUT2D eigenvalue weighted by molar-refractivity contribution is 8.18. The Morgan fingerprint density at radius 2 is 1.77 bits per heavy atom. The molecule has 1 aliphatic rings. The van der Waals surface area contributed by atoms with E-state index < -0.39 is 17.1 Å². The first-order valence-corrected chi connectivity index (χ1v) is 8.61. The van der Waals surface area contributed by atoms with Gasteiger partial charge < -0.3 is 5.32 Å². The fourth-order valence-electron chi connectivity index (χ4n) is 2.33. The van der Waals surface area contributed by atoms with Crippen molar-refractivity contribution in [3.63, 3.8) is 0 Å². The largest absolute Gasteiger partial charge is 0.325 e. The van der Waals surface area contributed by atoms with Gasteiger partial charge in [0, 0.05) is 5.69 Å². The van der Waals surface area contributed by atoms with E-state index in [1.807, 2.05) is 19.1 Å². The second-order valence-electron chi connectivity index (χ2n) is 5.73. The first-order valence-electron chi connectivity index (χ1n) is 7.80. The summed E-state index contributed by atoms with van der Waals surface area (Å²) in [6.45, 7) is 1.57. The van der Waals surface area contributed by atoms with Crippen LogP contribution in [-0.2, 0) is 9.59 Å². The van der Waals surface area contributed by atoms with Crippen LogP contribution >= 0.6 is 11.8 Å². The molecule has 3 amide bonds. The van der Waals surface area contributed by atoms with Gasteiger partial charge in [-0.3, -0.25) is 19.3 Å². The van der Waals surface area contributed by atoms with Gasteiger partial charge in [-0.15, -0.1) is 0 Å². The highest BCUT2D eigenvalue weighted by Gasteiger charge is 2.36. The Bertz CT molecular complexity index is 892. The number of carbonyl (C=O) groups excluding carboxylic acids is 3. The molecular formula is C19H15FN2O3S. The molecule has 0 atom stereocenters. The van der Waals surface area contributed by atoms with Crippen molar-refractivity contribution in [3.05, 3.63) is 70.4 Å². The number of amides is 3. The lowest BCUT2D eigenvalue weighted by molar-refractivity contribution is -0.127. The van der Waals surface area contributed by atoms with Gasteiger partial charge in [0.25, 0.3) is 11.1 Å². The average Bonchev–Trinajstić information content (AvgIpc) is 2.86. The molecule has 1 aliphatic heterocycles. The van der Waals surface area contributed by atoms with Gasteiger partial charge in [-0.25, -0.2) is 4.39 Å². The fourth-order valence-corrected chi connectivity index (χ4v) is 3.17. The van der Waals surface area contributed by atoms with E-state index in [9.17, 15) is 18.8 Å². The summed E-state index contributed by atoms with van der Waals surface area (Å²) in [6, 6.07) is 12.7. The molecule has 7 heteroatoms. The second-order valence-corrected chi connectivity index (χ2v) is 6.73. The molecule has 0 aromatic heterocycles.